The average molecular weight is 791 g/mol. The SMILES string of the molecule is C[C@@H]1NC(=O)[C@H](C[C@@](C)(O)CO)NC(=O)[C@H](Cc2c[nH]c3ccccc23)NC(=O)[C@H](C)NC(=O)[C@@H]2C[C@@H](O)CN2C(=O)[C@H](CS)NC(=O)[C@@H]([C@H](C)O)NC1=O. The predicted octanol–water partition coefficient (Wildman–Crippen LogP) is -3.92. The number of thiol groups is 1. The fourth-order valence-electron chi connectivity index (χ4n) is 6.40. The maximum absolute atomic E-state index is 14.0. The number of aliphatic hydroxyl groups is 4. The van der Waals surface area contributed by atoms with Crippen LogP contribution in [0.3, 0.4) is 0 Å². The number of rotatable bonds is 7. The Morgan fingerprint density at radius 3 is 2.05 bits per heavy atom. The monoisotopic (exact) mass is 790 g/mol. The predicted molar refractivity (Wildman–Crippen MR) is 199 cm³/mol. The van der Waals surface area contributed by atoms with Crippen molar-refractivity contribution < 1.29 is 54.0 Å². The minimum absolute atomic E-state index is 0.115. The minimum Gasteiger partial charge on any atom is -0.393 e. The minimum atomic E-state index is -1.90. The lowest BCUT2D eigenvalue weighted by Crippen LogP contribution is -2.61. The number of benzene rings is 1. The number of para-hydroxylation sites is 1. The first-order valence-electron chi connectivity index (χ1n) is 17.8. The highest BCUT2D eigenvalue weighted by Gasteiger charge is 2.43. The highest BCUT2D eigenvalue weighted by atomic mass is 32.1. The second kappa shape index (κ2) is 18.2. The van der Waals surface area contributed by atoms with Gasteiger partial charge in [-0.25, -0.2) is 0 Å². The second-order valence-corrected chi connectivity index (χ2v) is 14.7. The van der Waals surface area contributed by atoms with Gasteiger partial charge in [-0.15, -0.1) is 0 Å². The topological polar surface area (TPSA) is 292 Å². The van der Waals surface area contributed by atoms with E-state index in [-0.39, 0.29) is 25.1 Å². The van der Waals surface area contributed by atoms with Crippen LogP contribution in [-0.2, 0) is 40.0 Å². The molecule has 20 heteroatoms. The van der Waals surface area contributed by atoms with Crippen LogP contribution in [0.4, 0.5) is 0 Å². The van der Waals surface area contributed by atoms with E-state index >= 15 is 0 Å². The molecule has 2 aromatic rings. The fraction of sp³-hybridized carbons (Fsp3) is 0.571. The van der Waals surface area contributed by atoms with Crippen molar-refractivity contribution in [3.05, 3.63) is 36.0 Å². The van der Waals surface area contributed by atoms with E-state index in [0.29, 0.717) is 5.56 Å². The number of hydrogen-bond acceptors (Lipinski definition) is 12. The van der Waals surface area contributed by atoms with Crippen LogP contribution in [0.25, 0.3) is 10.9 Å². The number of amides is 7. The average Bonchev–Trinajstić information content (AvgIpc) is 3.74. The fourth-order valence-corrected chi connectivity index (χ4v) is 6.65. The maximum atomic E-state index is 14.0. The van der Waals surface area contributed by atoms with Crippen molar-refractivity contribution in [2.45, 2.75) is 107 Å². The van der Waals surface area contributed by atoms with Gasteiger partial charge >= 0.3 is 0 Å². The summed E-state index contributed by atoms with van der Waals surface area (Å²) in [4.78, 5) is 99.3. The van der Waals surface area contributed by atoms with Crippen LogP contribution in [0.1, 0.15) is 46.1 Å². The Kier molecular flexibility index (Phi) is 14.3. The van der Waals surface area contributed by atoms with Gasteiger partial charge in [0.25, 0.3) is 0 Å². The molecule has 19 nitrogen and oxygen atoms in total. The smallest absolute Gasteiger partial charge is 0.246 e. The summed E-state index contributed by atoms with van der Waals surface area (Å²) in [5.41, 5.74) is -0.557. The number of aliphatic hydroxyl groups excluding tert-OH is 3. The van der Waals surface area contributed by atoms with Crippen molar-refractivity contribution in [2.75, 3.05) is 18.9 Å². The van der Waals surface area contributed by atoms with E-state index in [1.165, 1.54) is 27.7 Å². The first kappa shape index (κ1) is 43.0. The molecule has 2 saturated heterocycles. The number of carbonyl (C=O) groups is 7. The summed E-state index contributed by atoms with van der Waals surface area (Å²) >= 11 is 4.18. The summed E-state index contributed by atoms with van der Waals surface area (Å²) in [5, 5.41) is 57.0. The van der Waals surface area contributed by atoms with Crippen molar-refractivity contribution in [3.63, 3.8) is 0 Å². The molecule has 55 heavy (non-hydrogen) atoms. The lowest BCUT2D eigenvalue weighted by atomic mass is 9.96. The maximum Gasteiger partial charge on any atom is 0.246 e. The number of H-pyrrole nitrogens is 1. The number of fused-ring (bicyclic) bond motifs is 2. The number of nitrogens with one attached hydrogen (secondary N) is 7. The Bertz CT molecular complexity index is 1770. The van der Waals surface area contributed by atoms with E-state index in [1.807, 2.05) is 6.07 Å². The molecule has 2 aliphatic rings. The molecule has 1 aromatic heterocycles. The zero-order valence-electron chi connectivity index (χ0n) is 30.9. The zero-order valence-corrected chi connectivity index (χ0v) is 31.8. The molecule has 11 N–H and O–H groups in total. The van der Waals surface area contributed by atoms with Crippen LogP contribution >= 0.6 is 12.6 Å². The molecule has 0 bridgehead atoms. The van der Waals surface area contributed by atoms with E-state index in [0.717, 1.165) is 15.8 Å². The lowest BCUT2D eigenvalue weighted by Gasteiger charge is -2.30. The van der Waals surface area contributed by atoms with Crippen LogP contribution in [-0.4, -0.2) is 151 Å². The first-order chi connectivity index (χ1) is 25.8. The van der Waals surface area contributed by atoms with E-state index < -0.39 is 114 Å². The molecule has 0 spiro atoms. The molecule has 0 radical (unpaired) electrons. The highest BCUT2D eigenvalue weighted by Crippen LogP contribution is 2.22. The number of carbonyl (C=O) groups excluding carboxylic acids is 7. The molecule has 1 aromatic carbocycles. The van der Waals surface area contributed by atoms with Crippen LogP contribution in [0.2, 0.25) is 0 Å². The molecular formula is C35H50N8O11S. The van der Waals surface area contributed by atoms with Gasteiger partial charge in [-0.3, -0.25) is 33.6 Å². The second-order valence-electron chi connectivity index (χ2n) is 14.4. The van der Waals surface area contributed by atoms with Gasteiger partial charge in [0.05, 0.1) is 24.4 Å². The number of aromatic amines is 1. The molecule has 302 valence electrons. The lowest BCUT2D eigenvalue weighted by molar-refractivity contribution is -0.142. The van der Waals surface area contributed by atoms with Crippen LogP contribution in [0, 0.1) is 0 Å². The molecular weight excluding hydrogens is 740 g/mol. The summed E-state index contributed by atoms with van der Waals surface area (Å²) in [6.07, 6.45) is -1.85. The molecule has 2 fully saturated rings. The van der Waals surface area contributed by atoms with Crippen LogP contribution in [0.15, 0.2) is 30.5 Å². The third-order valence-corrected chi connectivity index (χ3v) is 9.94. The molecule has 0 saturated carbocycles. The van der Waals surface area contributed by atoms with Crippen LogP contribution in [0.5, 0.6) is 0 Å². The van der Waals surface area contributed by atoms with Crippen molar-refractivity contribution in [1.29, 1.82) is 0 Å². The van der Waals surface area contributed by atoms with Crippen molar-refractivity contribution in [2.24, 2.45) is 0 Å². The normalized spacial score (nSPS) is 29.8. The van der Waals surface area contributed by atoms with E-state index in [9.17, 15) is 54.0 Å². The standard InChI is InChI=1S/C35H50N8O11S/c1-16-28(47)39-23(9-19-12-36-22-8-6-5-7-21(19)22)30(49)40-24(11-35(4,54)15-44)31(50)37-17(2)29(48)42-27(18(3)45)33(52)41-25(14-55)34(53)43-13-20(46)10-26(43)32(51)38-16/h5-8,12,16-18,20,23-27,36,44-46,54-55H,9-11,13-15H2,1-4H3,(H,37,50)(H,38,51)(H,39,47)(H,40,49)(H,41,52)(H,42,48)/t16-,17-,18-,20+,23-,24-,25-,26-,27+,35+/m0/s1. The molecule has 4 rings (SSSR count). The van der Waals surface area contributed by atoms with Crippen molar-refractivity contribution >= 4 is 64.9 Å². The van der Waals surface area contributed by atoms with E-state index in [1.54, 1.807) is 24.4 Å². The van der Waals surface area contributed by atoms with E-state index in [4.69, 9.17) is 0 Å². The van der Waals surface area contributed by atoms with Gasteiger partial charge in [0, 0.05) is 48.7 Å². The van der Waals surface area contributed by atoms with Gasteiger partial charge in [0.15, 0.2) is 0 Å². The quantitative estimate of drug-likeness (QED) is 0.120. The van der Waals surface area contributed by atoms with E-state index in [2.05, 4.69) is 49.5 Å². The number of hydrogen-bond donors (Lipinski definition) is 12. The van der Waals surface area contributed by atoms with Gasteiger partial charge < -0.3 is 62.2 Å². The number of aromatic nitrogens is 1. The third-order valence-electron chi connectivity index (χ3n) is 9.58. The zero-order chi connectivity index (χ0) is 40.8. The van der Waals surface area contributed by atoms with Gasteiger partial charge in [0.2, 0.25) is 41.4 Å². The Labute approximate surface area is 322 Å². The molecule has 3 heterocycles. The van der Waals surface area contributed by atoms with Crippen LogP contribution < -0.4 is 31.9 Å². The summed E-state index contributed by atoms with van der Waals surface area (Å²) in [6, 6.07) is -2.79. The summed E-state index contributed by atoms with van der Waals surface area (Å²) < 4.78 is 0. The van der Waals surface area contributed by atoms with Gasteiger partial charge in [0.1, 0.15) is 42.3 Å². The molecule has 7 amide bonds. The Hall–Kier alpha value is -4.76. The van der Waals surface area contributed by atoms with Gasteiger partial charge in [-0.1, -0.05) is 18.2 Å². The Morgan fingerprint density at radius 1 is 0.836 bits per heavy atom. The Morgan fingerprint density at radius 2 is 1.42 bits per heavy atom. The molecule has 0 unspecified atom stereocenters. The Balaban J connectivity index is 1.74. The van der Waals surface area contributed by atoms with Crippen molar-refractivity contribution in [1.82, 2.24) is 41.8 Å². The molecule has 10 atom stereocenters. The van der Waals surface area contributed by atoms with Gasteiger partial charge in [-0.2, -0.15) is 12.6 Å². The number of nitrogens with zero attached hydrogens (tertiary/aromatic N) is 1. The highest BCUT2D eigenvalue weighted by molar-refractivity contribution is 7.80. The summed E-state index contributed by atoms with van der Waals surface area (Å²) in [6.45, 7) is 3.92. The molecule has 2 aliphatic heterocycles. The summed E-state index contributed by atoms with van der Waals surface area (Å²) in [7, 11) is 0. The molecule has 0 aliphatic carbocycles. The third kappa shape index (κ3) is 10.7. The first-order valence-corrected chi connectivity index (χ1v) is 18.5. The summed E-state index contributed by atoms with van der Waals surface area (Å²) in [5.74, 6) is -6.56. The largest absolute Gasteiger partial charge is 0.393 e. The van der Waals surface area contributed by atoms with Gasteiger partial charge in [-0.05, 0) is 39.3 Å². The van der Waals surface area contributed by atoms with Crippen molar-refractivity contribution in [3.8, 4) is 0 Å².